The Balaban J connectivity index is 1.72. The Morgan fingerprint density at radius 1 is 0.912 bits per heavy atom. The molecule has 6 nitrogen and oxygen atoms in total. The minimum absolute atomic E-state index is 0.0288. The van der Waals surface area contributed by atoms with E-state index < -0.39 is 0 Å². The molecule has 0 radical (unpaired) electrons. The molecule has 0 bridgehead atoms. The number of carbonyl (C=O) groups is 2. The van der Waals surface area contributed by atoms with E-state index in [1.165, 1.54) is 5.56 Å². The van der Waals surface area contributed by atoms with Crippen LogP contribution in [0.15, 0.2) is 72.9 Å². The van der Waals surface area contributed by atoms with Crippen LogP contribution in [0.5, 0.6) is 0 Å². The number of hydrogen-bond donors (Lipinski definition) is 1. The van der Waals surface area contributed by atoms with Crippen LogP contribution >= 0.6 is 0 Å². The fourth-order valence-electron chi connectivity index (χ4n) is 3.83. The van der Waals surface area contributed by atoms with Crippen LogP contribution in [0.1, 0.15) is 49.9 Å². The number of carbonyl (C=O) groups excluding carboxylic acids is 2. The highest BCUT2D eigenvalue weighted by Gasteiger charge is 2.22. The van der Waals surface area contributed by atoms with Gasteiger partial charge in [0.1, 0.15) is 6.54 Å². The maximum atomic E-state index is 13.4. The zero-order valence-electron chi connectivity index (χ0n) is 20.7. The van der Waals surface area contributed by atoms with Crippen molar-refractivity contribution in [3.8, 4) is 0 Å². The van der Waals surface area contributed by atoms with Crippen molar-refractivity contribution in [3.05, 3.63) is 89.7 Å². The van der Waals surface area contributed by atoms with Crippen molar-refractivity contribution in [3.63, 3.8) is 0 Å². The first-order valence-electron chi connectivity index (χ1n) is 11.9. The summed E-state index contributed by atoms with van der Waals surface area (Å²) in [5.41, 5.74) is 4.05. The van der Waals surface area contributed by atoms with E-state index in [1.807, 2.05) is 96.4 Å². The van der Waals surface area contributed by atoms with E-state index in [2.05, 4.69) is 19.2 Å². The Morgan fingerprint density at radius 3 is 2.21 bits per heavy atom. The Labute approximate surface area is 203 Å². The highest BCUT2D eigenvalue weighted by Crippen LogP contribution is 2.18. The third kappa shape index (κ3) is 6.98. The lowest BCUT2D eigenvalue weighted by atomic mass is 10.0. The number of nitrogens with one attached hydrogen (secondary N) is 1. The number of benzene rings is 2. The minimum Gasteiger partial charge on any atom is -0.353 e. The molecule has 1 aromatic heterocycles. The van der Waals surface area contributed by atoms with E-state index in [-0.39, 0.29) is 18.5 Å². The molecule has 2 aromatic carbocycles. The number of amides is 3. The molecule has 0 spiro atoms. The van der Waals surface area contributed by atoms with Crippen molar-refractivity contribution < 1.29 is 9.59 Å². The van der Waals surface area contributed by atoms with Crippen LogP contribution in [-0.4, -0.2) is 39.4 Å². The number of anilines is 1. The van der Waals surface area contributed by atoms with Gasteiger partial charge in [0.05, 0.1) is 6.54 Å². The third-order valence-corrected chi connectivity index (χ3v) is 5.91. The number of nitrogens with zero attached hydrogens (tertiary/aromatic N) is 3. The van der Waals surface area contributed by atoms with E-state index in [0.717, 1.165) is 23.4 Å². The van der Waals surface area contributed by atoms with Gasteiger partial charge < -0.3 is 19.7 Å². The Kier molecular flexibility index (Phi) is 8.91. The zero-order valence-corrected chi connectivity index (χ0v) is 20.7. The topological polar surface area (TPSA) is 57.6 Å². The molecule has 34 heavy (non-hydrogen) atoms. The van der Waals surface area contributed by atoms with Crippen LogP contribution in [-0.2, 0) is 24.9 Å². The smallest absolute Gasteiger partial charge is 0.322 e. The van der Waals surface area contributed by atoms with Crippen LogP contribution < -0.4 is 5.32 Å². The molecule has 3 amide bonds. The van der Waals surface area contributed by atoms with Gasteiger partial charge in [0.25, 0.3) is 0 Å². The molecule has 6 heteroatoms. The zero-order chi connectivity index (χ0) is 24.5. The van der Waals surface area contributed by atoms with Crippen molar-refractivity contribution in [2.24, 2.45) is 7.05 Å². The van der Waals surface area contributed by atoms with Crippen molar-refractivity contribution in [2.75, 3.05) is 18.4 Å². The van der Waals surface area contributed by atoms with Gasteiger partial charge in [0, 0.05) is 37.7 Å². The summed E-state index contributed by atoms with van der Waals surface area (Å²) in [5.74, 6) is 0.350. The van der Waals surface area contributed by atoms with E-state index >= 15 is 0 Å². The third-order valence-electron chi connectivity index (χ3n) is 5.91. The normalized spacial score (nSPS) is 10.9. The van der Waals surface area contributed by atoms with Crippen molar-refractivity contribution in [2.45, 2.75) is 46.2 Å². The molecule has 0 saturated heterocycles. The molecule has 0 aliphatic carbocycles. The van der Waals surface area contributed by atoms with Gasteiger partial charge in [-0.2, -0.15) is 0 Å². The maximum absolute atomic E-state index is 13.4. The summed E-state index contributed by atoms with van der Waals surface area (Å²) >= 11 is 0. The summed E-state index contributed by atoms with van der Waals surface area (Å²) in [6, 6.07) is 21.6. The van der Waals surface area contributed by atoms with Gasteiger partial charge in [0.2, 0.25) is 5.91 Å². The number of aromatic nitrogens is 1. The van der Waals surface area contributed by atoms with E-state index in [0.29, 0.717) is 25.6 Å². The van der Waals surface area contributed by atoms with Crippen molar-refractivity contribution >= 4 is 17.6 Å². The van der Waals surface area contributed by atoms with Gasteiger partial charge in [-0.05, 0) is 47.7 Å². The highest BCUT2D eigenvalue weighted by molar-refractivity contribution is 5.92. The van der Waals surface area contributed by atoms with Crippen molar-refractivity contribution in [1.29, 1.82) is 0 Å². The van der Waals surface area contributed by atoms with E-state index in [9.17, 15) is 9.59 Å². The summed E-state index contributed by atoms with van der Waals surface area (Å²) in [5, 5.41) is 2.95. The van der Waals surface area contributed by atoms with Crippen LogP contribution in [0, 0.1) is 0 Å². The fraction of sp³-hybridized carbons (Fsp3) is 0.357. The van der Waals surface area contributed by atoms with Gasteiger partial charge in [-0.25, -0.2) is 4.79 Å². The average Bonchev–Trinajstić information content (AvgIpc) is 3.23. The molecule has 1 heterocycles. The standard InChI is InChI=1S/C28H36N4O2/c1-5-17-31(28(34)29-25-15-13-24(14-16-25)22(2)3)21-27(33)32(19-23-10-7-6-8-11-23)20-26-12-9-18-30(26)4/h6-16,18,22H,5,17,19-21H2,1-4H3,(H,29,34). The summed E-state index contributed by atoms with van der Waals surface area (Å²) in [7, 11) is 1.97. The first kappa shape index (κ1) is 25.1. The van der Waals surface area contributed by atoms with E-state index in [1.54, 1.807) is 4.90 Å². The Hall–Kier alpha value is -3.54. The molecule has 0 fully saturated rings. The predicted octanol–water partition coefficient (Wildman–Crippen LogP) is 5.62. The second kappa shape index (κ2) is 12.1. The maximum Gasteiger partial charge on any atom is 0.322 e. The van der Waals surface area contributed by atoms with E-state index in [4.69, 9.17) is 0 Å². The molecule has 0 saturated carbocycles. The summed E-state index contributed by atoms with van der Waals surface area (Å²) < 4.78 is 2.02. The fourth-order valence-corrected chi connectivity index (χ4v) is 3.83. The number of rotatable bonds is 10. The second-order valence-electron chi connectivity index (χ2n) is 8.97. The number of urea groups is 1. The predicted molar refractivity (Wildman–Crippen MR) is 138 cm³/mol. The lowest BCUT2D eigenvalue weighted by Gasteiger charge is -2.28. The van der Waals surface area contributed by atoms with Gasteiger partial charge in [-0.3, -0.25) is 4.79 Å². The first-order chi connectivity index (χ1) is 16.4. The molecule has 0 atom stereocenters. The van der Waals surface area contributed by atoms with Gasteiger partial charge in [-0.15, -0.1) is 0 Å². The number of aryl methyl sites for hydroxylation is 1. The summed E-state index contributed by atoms with van der Waals surface area (Å²) in [6.45, 7) is 7.79. The Morgan fingerprint density at radius 2 is 1.62 bits per heavy atom. The van der Waals surface area contributed by atoms with Crippen molar-refractivity contribution in [1.82, 2.24) is 14.4 Å². The van der Waals surface area contributed by atoms with Crippen LogP contribution in [0.2, 0.25) is 0 Å². The molecule has 1 N–H and O–H groups in total. The molecule has 3 rings (SSSR count). The van der Waals surface area contributed by atoms with Crippen LogP contribution in [0.25, 0.3) is 0 Å². The second-order valence-corrected chi connectivity index (χ2v) is 8.97. The molecular formula is C28H36N4O2. The molecular weight excluding hydrogens is 424 g/mol. The largest absolute Gasteiger partial charge is 0.353 e. The molecule has 0 aliphatic rings. The summed E-state index contributed by atoms with van der Waals surface area (Å²) in [4.78, 5) is 29.9. The molecule has 3 aromatic rings. The molecule has 0 aliphatic heterocycles. The van der Waals surface area contributed by atoms with Crippen LogP contribution in [0.3, 0.4) is 0 Å². The lowest BCUT2D eigenvalue weighted by molar-refractivity contribution is -0.133. The quantitative estimate of drug-likeness (QED) is 0.427. The SMILES string of the molecule is CCCN(CC(=O)N(Cc1ccccc1)Cc1cccn1C)C(=O)Nc1ccc(C(C)C)cc1. The monoisotopic (exact) mass is 460 g/mol. The van der Waals surface area contributed by atoms with Gasteiger partial charge in [-0.1, -0.05) is 63.2 Å². The Bertz CT molecular complexity index is 1060. The van der Waals surface area contributed by atoms with Crippen LogP contribution in [0.4, 0.5) is 10.5 Å². The minimum atomic E-state index is -0.258. The van der Waals surface area contributed by atoms with Gasteiger partial charge in [0.15, 0.2) is 0 Å². The van der Waals surface area contributed by atoms with Gasteiger partial charge >= 0.3 is 6.03 Å². The molecule has 180 valence electrons. The highest BCUT2D eigenvalue weighted by atomic mass is 16.2. The first-order valence-corrected chi connectivity index (χ1v) is 11.9. The average molecular weight is 461 g/mol. The number of hydrogen-bond acceptors (Lipinski definition) is 2. The molecule has 0 unspecified atom stereocenters. The summed E-state index contributed by atoms with van der Waals surface area (Å²) in [6.07, 6.45) is 2.74. The lowest BCUT2D eigenvalue weighted by Crippen LogP contribution is -2.44.